The first kappa shape index (κ1) is 20.1. The Balaban J connectivity index is 1.86. The summed E-state index contributed by atoms with van der Waals surface area (Å²) < 4.78 is 11.1. The lowest BCUT2D eigenvalue weighted by Crippen LogP contribution is -2.52. The number of nitrogens with one attached hydrogen (secondary N) is 1. The second-order valence-corrected chi connectivity index (χ2v) is 7.70. The fourth-order valence-electron chi connectivity index (χ4n) is 4.23. The lowest BCUT2D eigenvalue weighted by Gasteiger charge is -2.40. The largest absolute Gasteiger partial charge is 0.466 e. The van der Waals surface area contributed by atoms with E-state index in [1.165, 1.54) is 7.11 Å². The Kier molecular flexibility index (Phi) is 5.10. The van der Waals surface area contributed by atoms with Crippen LogP contribution < -0.4 is 5.32 Å². The number of carbonyl (C=O) groups excluding carboxylic acids is 1. The number of allylic oxidation sites excluding steroid dienone is 1. The van der Waals surface area contributed by atoms with Crippen LogP contribution in [0, 0.1) is 13.8 Å². The van der Waals surface area contributed by atoms with E-state index < -0.39 is 11.7 Å². The normalized spacial score (nSPS) is 21.3. The number of benzene rings is 2. The molecule has 2 atom stereocenters. The molecule has 4 rings (SSSR count). The number of furan rings is 1. The summed E-state index contributed by atoms with van der Waals surface area (Å²) in [6.45, 7) is 5.90. The Hall–Kier alpha value is -3.15. The van der Waals surface area contributed by atoms with Gasteiger partial charge in [-0.3, -0.25) is 4.79 Å². The maximum Gasteiger partial charge on any atom is 0.257 e. The van der Waals surface area contributed by atoms with Crippen LogP contribution in [0.4, 0.5) is 5.69 Å². The Morgan fingerprint density at radius 2 is 1.90 bits per heavy atom. The summed E-state index contributed by atoms with van der Waals surface area (Å²) >= 11 is 0. The molecular formula is C25H25NO4. The highest BCUT2D eigenvalue weighted by Crippen LogP contribution is 2.43. The van der Waals surface area contributed by atoms with E-state index in [0.717, 1.165) is 28.2 Å². The molecule has 2 heterocycles. The van der Waals surface area contributed by atoms with Crippen molar-refractivity contribution in [2.75, 3.05) is 12.4 Å². The van der Waals surface area contributed by atoms with Crippen molar-refractivity contribution < 1.29 is 19.1 Å². The van der Waals surface area contributed by atoms with Crippen molar-refractivity contribution in [1.82, 2.24) is 0 Å². The summed E-state index contributed by atoms with van der Waals surface area (Å²) in [5.74, 6) is 1.36. The van der Waals surface area contributed by atoms with Crippen molar-refractivity contribution in [3.05, 3.63) is 88.4 Å². The summed E-state index contributed by atoms with van der Waals surface area (Å²) in [6, 6.07) is 16.8. The third kappa shape index (κ3) is 3.26. The fourth-order valence-corrected chi connectivity index (χ4v) is 4.23. The number of aliphatic hydroxyl groups is 1. The van der Waals surface area contributed by atoms with E-state index >= 15 is 0 Å². The first-order chi connectivity index (χ1) is 14.3. The predicted molar refractivity (Wildman–Crippen MR) is 117 cm³/mol. The SMILES string of the molecule is COC1C(=O)Nc2ccc(C=C(C)c3cc(C)oc3C)cc2C1(O)c1ccccc1. The highest BCUT2D eigenvalue weighted by Gasteiger charge is 2.49. The van der Waals surface area contributed by atoms with Gasteiger partial charge in [-0.25, -0.2) is 0 Å². The molecule has 0 aliphatic carbocycles. The van der Waals surface area contributed by atoms with Gasteiger partial charge in [0.1, 0.15) is 11.5 Å². The molecule has 0 bridgehead atoms. The van der Waals surface area contributed by atoms with Crippen LogP contribution in [-0.4, -0.2) is 24.2 Å². The minimum absolute atomic E-state index is 0.375. The Morgan fingerprint density at radius 1 is 1.17 bits per heavy atom. The van der Waals surface area contributed by atoms with Crippen LogP contribution in [0.3, 0.4) is 0 Å². The van der Waals surface area contributed by atoms with Gasteiger partial charge in [-0.05, 0) is 55.7 Å². The molecule has 0 saturated carbocycles. The van der Waals surface area contributed by atoms with Gasteiger partial charge in [0.2, 0.25) is 0 Å². The van der Waals surface area contributed by atoms with Gasteiger partial charge in [-0.2, -0.15) is 0 Å². The average molecular weight is 403 g/mol. The van der Waals surface area contributed by atoms with Crippen LogP contribution in [-0.2, 0) is 15.1 Å². The van der Waals surface area contributed by atoms with E-state index in [1.807, 2.05) is 69.3 Å². The molecule has 0 radical (unpaired) electrons. The number of carbonyl (C=O) groups is 1. The van der Waals surface area contributed by atoms with Gasteiger partial charge in [0, 0.05) is 23.9 Å². The number of methoxy groups -OCH3 is 1. The van der Waals surface area contributed by atoms with Crippen LogP contribution in [0.5, 0.6) is 0 Å². The van der Waals surface area contributed by atoms with Crippen LogP contribution in [0.15, 0.2) is 59.0 Å². The second-order valence-electron chi connectivity index (χ2n) is 7.70. The number of fused-ring (bicyclic) bond motifs is 1. The van der Waals surface area contributed by atoms with E-state index in [1.54, 1.807) is 12.1 Å². The third-order valence-electron chi connectivity index (χ3n) is 5.63. The van der Waals surface area contributed by atoms with Crippen molar-refractivity contribution in [1.29, 1.82) is 0 Å². The zero-order valence-corrected chi connectivity index (χ0v) is 17.5. The van der Waals surface area contributed by atoms with Gasteiger partial charge < -0.3 is 19.6 Å². The number of aryl methyl sites for hydroxylation is 2. The number of hydrogen-bond acceptors (Lipinski definition) is 4. The molecule has 2 unspecified atom stereocenters. The molecule has 0 spiro atoms. The third-order valence-corrected chi connectivity index (χ3v) is 5.63. The quantitative estimate of drug-likeness (QED) is 0.665. The van der Waals surface area contributed by atoms with Gasteiger partial charge in [0.05, 0.1) is 0 Å². The van der Waals surface area contributed by atoms with Crippen molar-refractivity contribution >= 4 is 23.2 Å². The van der Waals surface area contributed by atoms with Crippen molar-refractivity contribution in [2.45, 2.75) is 32.5 Å². The zero-order valence-electron chi connectivity index (χ0n) is 17.5. The van der Waals surface area contributed by atoms with E-state index in [2.05, 4.69) is 5.32 Å². The minimum Gasteiger partial charge on any atom is -0.466 e. The standard InChI is InChI=1S/C25H25NO4/c1-15(20-13-16(2)30-17(20)3)12-18-10-11-22-21(14-18)25(28,19-8-6-5-7-9-19)23(29-4)24(27)26-22/h5-14,23,28H,1-4H3,(H,26,27). The van der Waals surface area contributed by atoms with Crippen molar-refractivity contribution in [3.63, 3.8) is 0 Å². The molecule has 5 heteroatoms. The number of ether oxygens (including phenoxy) is 1. The lowest BCUT2D eigenvalue weighted by molar-refractivity contribution is -0.142. The molecule has 1 amide bonds. The molecule has 2 N–H and O–H groups in total. The minimum atomic E-state index is -1.60. The van der Waals surface area contributed by atoms with E-state index in [0.29, 0.717) is 16.8 Å². The highest BCUT2D eigenvalue weighted by molar-refractivity contribution is 6.00. The smallest absolute Gasteiger partial charge is 0.257 e. The average Bonchev–Trinajstić information content (AvgIpc) is 3.07. The topological polar surface area (TPSA) is 71.7 Å². The fraction of sp³-hybridized carbons (Fsp3) is 0.240. The summed E-state index contributed by atoms with van der Waals surface area (Å²) in [4.78, 5) is 12.6. The summed E-state index contributed by atoms with van der Waals surface area (Å²) in [7, 11) is 1.43. The summed E-state index contributed by atoms with van der Waals surface area (Å²) in [5.41, 5.74) is 3.18. The molecule has 1 aliphatic rings. The molecule has 1 aliphatic heterocycles. The van der Waals surface area contributed by atoms with Crippen molar-refractivity contribution in [3.8, 4) is 0 Å². The number of anilines is 1. The maximum atomic E-state index is 12.6. The van der Waals surface area contributed by atoms with E-state index in [-0.39, 0.29) is 5.91 Å². The first-order valence-corrected chi connectivity index (χ1v) is 9.86. The van der Waals surface area contributed by atoms with Gasteiger partial charge >= 0.3 is 0 Å². The summed E-state index contributed by atoms with van der Waals surface area (Å²) in [5, 5.41) is 14.7. The van der Waals surface area contributed by atoms with Crippen molar-refractivity contribution in [2.24, 2.45) is 0 Å². The molecule has 30 heavy (non-hydrogen) atoms. The molecule has 2 aromatic carbocycles. The maximum absolute atomic E-state index is 12.6. The van der Waals surface area contributed by atoms with E-state index in [9.17, 15) is 9.90 Å². The number of amides is 1. The Bertz CT molecular complexity index is 1130. The van der Waals surface area contributed by atoms with Crippen LogP contribution in [0.2, 0.25) is 0 Å². The number of hydrogen-bond donors (Lipinski definition) is 2. The molecule has 5 nitrogen and oxygen atoms in total. The van der Waals surface area contributed by atoms with Crippen LogP contribution >= 0.6 is 0 Å². The van der Waals surface area contributed by atoms with Gasteiger partial charge in [-0.1, -0.05) is 42.5 Å². The van der Waals surface area contributed by atoms with Crippen LogP contribution in [0.1, 0.15) is 40.7 Å². The Morgan fingerprint density at radius 3 is 2.53 bits per heavy atom. The Labute approximate surface area is 176 Å². The molecule has 0 saturated heterocycles. The van der Waals surface area contributed by atoms with Crippen LogP contribution in [0.25, 0.3) is 11.6 Å². The summed E-state index contributed by atoms with van der Waals surface area (Å²) in [6.07, 6.45) is 0.979. The van der Waals surface area contributed by atoms with Gasteiger partial charge in [0.15, 0.2) is 11.7 Å². The second kappa shape index (κ2) is 7.59. The van der Waals surface area contributed by atoms with E-state index in [4.69, 9.17) is 9.15 Å². The molecule has 3 aromatic rings. The monoisotopic (exact) mass is 403 g/mol. The lowest BCUT2D eigenvalue weighted by atomic mass is 9.77. The molecule has 1 aromatic heterocycles. The molecule has 0 fully saturated rings. The highest BCUT2D eigenvalue weighted by atomic mass is 16.5. The predicted octanol–water partition coefficient (Wildman–Crippen LogP) is 4.66. The first-order valence-electron chi connectivity index (χ1n) is 9.86. The molecule has 154 valence electrons. The zero-order chi connectivity index (χ0) is 21.5. The van der Waals surface area contributed by atoms with Gasteiger partial charge in [-0.15, -0.1) is 0 Å². The number of rotatable bonds is 4. The molecular weight excluding hydrogens is 378 g/mol. The van der Waals surface area contributed by atoms with Gasteiger partial charge in [0.25, 0.3) is 5.91 Å².